The molecule has 0 bridgehead atoms. The number of rotatable bonds is 4. The first-order chi connectivity index (χ1) is 8.65. The number of aryl methyl sites for hydroxylation is 2. The maximum Gasteiger partial charge on any atom is 0.129 e. The monoisotopic (exact) mass is 307 g/mol. The standard InChI is InChI=1S/C14H18BrN3/c1-3-4-9-12-13(14(16)18(2)17-12)10-7-5-6-8-11(10)15/h5-8H,3-4,9,16H2,1-2H3. The van der Waals surface area contributed by atoms with Gasteiger partial charge in [0.05, 0.1) is 5.69 Å². The van der Waals surface area contributed by atoms with Crippen LogP contribution in [-0.4, -0.2) is 9.78 Å². The lowest BCUT2D eigenvalue weighted by Crippen LogP contribution is -1.98. The fourth-order valence-corrected chi connectivity index (χ4v) is 2.55. The van der Waals surface area contributed by atoms with Crippen LogP contribution >= 0.6 is 15.9 Å². The SMILES string of the molecule is CCCCc1nn(C)c(N)c1-c1ccccc1Br. The van der Waals surface area contributed by atoms with Gasteiger partial charge in [0.25, 0.3) is 0 Å². The summed E-state index contributed by atoms with van der Waals surface area (Å²) < 4.78 is 2.82. The highest BCUT2D eigenvalue weighted by atomic mass is 79.9. The van der Waals surface area contributed by atoms with Gasteiger partial charge in [-0.05, 0) is 18.9 Å². The van der Waals surface area contributed by atoms with Crippen LogP contribution in [0.4, 0.5) is 5.82 Å². The second-order valence-corrected chi connectivity index (χ2v) is 5.27. The molecule has 0 atom stereocenters. The van der Waals surface area contributed by atoms with Crippen LogP contribution in [0.3, 0.4) is 0 Å². The summed E-state index contributed by atoms with van der Waals surface area (Å²) in [5.41, 5.74) is 9.43. The van der Waals surface area contributed by atoms with Crippen molar-refractivity contribution in [3.63, 3.8) is 0 Å². The fourth-order valence-electron chi connectivity index (χ4n) is 2.07. The van der Waals surface area contributed by atoms with Gasteiger partial charge in [0.2, 0.25) is 0 Å². The zero-order valence-corrected chi connectivity index (χ0v) is 12.4. The van der Waals surface area contributed by atoms with Crippen molar-refractivity contribution in [3.8, 4) is 11.1 Å². The molecule has 0 unspecified atom stereocenters. The minimum absolute atomic E-state index is 0.730. The number of nitrogens with two attached hydrogens (primary N) is 1. The quantitative estimate of drug-likeness (QED) is 0.934. The summed E-state index contributed by atoms with van der Waals surface area (Å²) in [6, 6.07) is 8.14. The van der Waals surface area contributed by atoms with Crippen LogP contribution in [0.1, 0.15) is 25.5 Å². The molecule has 0 fully saturated rings. The molecule has 18 heavy (non-hydrogen) atoms. The summed E-state index contributed by atoms with van der Waals surface area (Å²) in [5, 5.41) is 4.54. The fraction of sp³-hybridized carbons (Fsp3) is 0.357. The number of hydrogen-bond acceptors (Lipinski definition) is 2. The van der Waals surface area contributed by atoms with Gasteiger partial charge >= 0.3 is 0 Å². The molecule has 0 aliphatic carbocycles. The molecule has 0 radical (unpaired) electrons. The van der Waals surface area contributed by atoms with Gasteiger partial charge in [-0.1, -0.05) is 47.5 Å². The molecular weight excluding hydrogens is 290 g/mol. The van der Waals surface area contributed by atoms with Crippen LogP contribution in [0.25, 0.3) is 11.1 Å². The smallest absolute Gasteiger partial charge is 0.129 e. The van der Waals surface area contributed by atoms with Crippen molar-refractivity contribution < 1.29 is 0 Å². The van der Waals surface area contributed by atoms with E-state index in [0.29, 0.717) is 0 Å². The number of nitrogens with zero attached hydrogens (tertiary/aromatic N) is 2. The summed E-state index contributed by atoms with van der Waals surface area (Å²) in [6.07, 6.45) is 3.26. The molecule has 2 N–H and O–H groups in total. The largest absolute Gasteiger partial charge is 0.383 e. The molecule has 0 aliphatic rings. The number of unbranched alkanes of at least 4 members (excludes halogenated alkanes) is 1. The van der Waals surface area contributed by atoms with Crippen LogP contribution in [0.2, 0.25) is 0 Å². The Morgan fingerprint density at radius 2 is 2.06 bits per heavy atom. The van der Waals surface area contributed by atoms with E-state index in [1.165, 1.54) is 0 Å². The van der Waals surface area contributed by atoms with Crippen LogP contribution in [0.5, 0.6) is 0 Å². The van der Waals surface area contributed by atoms with Gasteiger partial charge in [-0.2, -0.15) is 5.10 Å². The first-order valence-electron chi connectivity index (χ1n) is 6.21. The Morgan fingerprint density at radius 1 is 1.33 bits per heavy atom. The van der Waals surface area contributed by atoms with Crippen molar-refractivity contribution in [2.75, 3.05) is 5.73 Å². The molecule has 0 aliphatic heterocycles. The zero-order chi connectivity index (χ0) is 13.1. The van der Waals surface area contributed by atoms with Crippen molar-refractivity contribution in [1.29, 1.82) is 0 Å². The molecule has 0 saturated heterocycles. The summed E-state index contributed by atoms with van der Waals surface area (Å²) in [5.74, 6) is 0.730. The molecule has 0 spiro atoms. The normalized spacial score (nSPS) is 10.8. The summed E-state index contributed by atoms with van der Waals surface area (Å²) >= 11 is 3.59. The second-order valence-electron chi connectivity index (χ2n) is 4.41. The first-order valence-corrected chi connectivity index (χ1v) is 7.00. The molecule has 0 saturated carbocycles. The maximum absolute atomic E-state index is 6.16. The second kappa shape index (κ2) is 5.57. The van der Waals surface area contributed by atoms with E-state index in [2.05, 4.69) is 34.0 Å². The van der Waals surface area contributed by atoms with E-state index in [9.17, 15) is 0 Å². The van der Waals surface area contributed by atoms with E-state index in [1.54, 1.807) is 4.68 Å². The van der Waals surface area contributed by atoms with E-state index in [-0.39, 0.29) is 0 Å². The van der Waals surface area contributed by atoms with Crippen molar-refractivity contribution in [1.82, 2.24) is 9.78 Å². The number of hydrogen-bond donors (Lipinski definition) is 1. The van der Waals surface area contributed by atoms with Crippen molar-refractivity contribution in [2.24, 2.45) is 7.05 Å². The Balaban J connectivity index is 2.52. The highest BCUT2D eigenvalue weighted by Crippen LogP contribution is 2.35. The number of halogens is 1. The number of aromatic nitrogens is 2. The first kappa shape index (κ1) is 13.1. The van der Waals surface area contributed by atoms with Crippen molar-refractivity contribution in [2.45, 2.75) is 26.2 Å². The van der Waals surface area contributed by atoms with Crippen LogP contribution in [0.15, 0.2) is 28.7 Å². The predicted molar refractivity (Wildman–Crippen MR) is 79.4 cm³/mol. The highest BCUT2D eigenvalue weighted by molar-refractivity contribution is 9.10. The highest BCUT2D eigenvalue weighted by Gasteiger charge is 2.16. The minimum atomic E-state index is 0.730. The van der Waals surface area contributed by atoms with E-state index < -0.39 is 0 Å². The topological polar surface area (TPSA) is 43.8 Å². The summed E-state index contributed by atoms with van der Waals surface area (Å²) in [6.45, 7) is 2.18. The van der Waals surface area contributed by atoms with E-state index in [1.807, 2.05) is 25.2 Å². The lowest BCUT2D eigenvalue weighted by atomic mass is 10.0. The van der Waals surface area contributed by atoms with E-state index >= 15 is 0 Å². The average Bonchev–Trinajstić information content (AvgIpc) is 2.64. The summed E-state index contributed by atoms with van der Waals surface area (Å²) in [7, 11) is 1.89. The van der Waals surface area contributed by atoms with Gasteiger partial charge in [0, 0.05) is 22.6 Å². The average molecular weight is 308 g/mol. The molecule has 3 nitrogen and oxygen atoms in total. The molecular formula is C14H18BrN3. The van der Waals surface area contributed by atoms with Crippen LogP contribution in [0, 0.1) is 0 Å². The third-order valence-corrected chi connectivity index (χ3v) is 3.77. The molecule has 96 valence electrons. The third kappa shape index (κ3) is 2.43. The van der Waals surface area contributed by atoms with E-state index in [0.717, 1.165) is 46.4 Å². The Kier molecular flexibility index (Phi) is 4.07. The Morgan fingerprint density at radius 3 is 2.72 bits per heavy atom. The lowest BCUT2D eigenvalue weighted by Gasteiger charge is -2.06. The van der Waals surface area contributed by atoms with Crippen LogP contribution < -0.4 is 5.73 Å². The van der Waals surface area contributed by atoms with Crippen molar-refractivity contribution >= 4 is 21.7 Å². The number of benzene rings is 1. The Labute approximate surface area is 116 Å². The maximum atomic E-state index is 6.16. The third-order valence-electron chi connectivity index (χ3n) is 3.07. The number of nitrogen functional groups attached to an aromatic ring is 1. The Bertz CT molecular complexity index is 546. The molecule has 1 heterocycles. The van der Waals surface area contributed by atoms with E-state index in [4.69, 9.17) is 5.73 Å². The zero-order valence-electron chi connectivity index (χ0n) is 10.8. The minimum Gasteiger partial charge on any atom is -0.383 e. The molecule has 0 amide bonds. The van der Waals surface area contributed by atoms with Gasteiger partial charge < -0.3 is 5.73 Å². The molecule has 1 aromatic heterocycles. The van der Waals surface area contributed by atoms with Gasteiger partial charge in [0.15, 0.2) is 0 Å². The van der Waals surface area contributed by atoms with Gasteiger partial charge in [0.1, 0.15) is 5.82 Å². The molecule has 4 heteroatoms. The van der Waals surface area contributed by atoms with Crippen LogP contribution in [-0.2, 0) is 13.5 Å². The molecule has 2 rings (SSSR count). The molecule has 2 aromatic rings. The number of anilines is 1. The van der Waals surface area contributed by atoms with Gasteiger partial charge in [-0.25, -0.2) is 0 Å². The van der Waals surface area contributed by atoms with Crippen molar-refractivity contribution in [3.05, 3.63) is 34.4 Å². The Hall–Kier alpha value is -1.29. The summed E-state index contributed by atoms with van der Waals surface area (Å²) in [4.78, 5) is 0. The molecule has 1 aromatic carbocycles. The van der Waals surface area contributed by atoms with Gasteiger partial charge in [-0.3, -0.25) is 4.68 Å². The predicted octanol–water partition coefficient (Wildman–Crippen LogP) is 3.77. The lowest BCUT2D eigenvalue weighted by molar-refractivity contribution is 0.718. The van der Waals surface area contributed by atoms with Gasteiger partial charge in [-0.15, -0.1) is 0 Å².